The molecule has 2 aromatic rings. The van der Waals surface area contributed by atoms with Gasteiger partial charge in [0, 0.05) is 12.7 Å². The van der Waals surface area contributed by atoms with Gasteiger partial charge in [-0.3, -0.25) is 19.4 Å². The van der Waals surface area contributed by atoms with Crippen molar-refractivity contribution in [3.63, 3.8) is 0 Å². The molecule has 4 rings (SSSR count). The molecule has 3 amide bonds. The van der Waals surface area contributed by atoms with Crippen molar-refractivity contribution in [1.29, 1.82) is 0 Å². The van der Waals surface area contributed by atoms with Gasteiger partial charge in [-0.05, 0) is 36.4 Å². The van der Waals surface area contributed by atoms with E-state index in [4.69, 9.17) is 0 Å². The van der Waals surface area contributed by atoms with Gasteiger partial charge in [0.05, 0.1) is 5.69 Å². The molecule has 0 aliphatic carbocycles. The van der Waals surface area contributed by atoms with Crippen molar-refractivity contribution in [1.82, 2.24) is 5.01 Å². The Balaban J connectivity index is 1.52. The average Bonchev–Trinajstić information content (AvgIpc) is 3.23. The summed E-state index contributed by atoms with van der Waals surface area (Å²) in [6, 6.07) is 12.1. The van der Waals surface area contributed by atoms with Gasteiger partial charge in [-0.1, -0.05) is 23.4 Å². The number of imide groups is 1. The number of hydrogen-bond acceptors (Lipinski definition) is 6. The number of carbonyl (C=O) groups is 3. The van der Waals surface area contributed by atoms with Gasteiger partial charge >= 0.3 is 0 Å². The molecule has 9 heteroatoms. The van der Waals surface area contributed by atoms with E-state index in [1.165, 1.54) is 34.2 Å². The Kier molecular flexibility index (Phi) is 4.34. The molecule has 0 aromatic heterocycles. The molecule has 0 spiro atoms. The van der Waals surface area contributed by atoms with Crippen molar-refractivity contribution in [2.75, 3.05) is 23.4 Å². The summed E-state index contributed by atoms with van der Waals surface area (Å²) in [7, 11) is 1.62. The van der Waals surface area contributed by atoms with E-state index in [0.29, 0.717) is 5.69 Å². The first-order valence-corrected chi connectivity index (χ1v) is 8.60. The summed E-state index contributed by atoms with van der Waals surface area (Å²) >= 11 is 0. The number of hydrogen-bond donors (Lipinski definition) is 0. The first kappa shape index (κ1) is 17.8. The van der Waals surface area contributed by atoms with Crippen LogP contribution in [-0.2, 0) is 14.4 Å². The minimum atomic E-state index is -1.01. The Labute approximate surface area is 159 Å². The third-order valence-electron chi connectivity index (χ3n) is 4.76. The monoisotopic (exact) mass is 381 g/mol. The molecule has 0 unspecified atom stereocenters. The number of para-hydroxylation sites is 1. The maximum absolute atomic E-state index is 13.1. The van der Waals surface area contributed by atoms with Crippen molar-refractivity contribution in [3.05, 3.63) is 60.4 Å². The molecule has 2 aliphatic rings. The summed E-state index contributed by atoms with van der Waals surface area (Å²) in [6.45, 7) is -0.202. The molecular weight excluding hydrogens is 365 g/mol. The zero-order chi connectivity index (χ0) is 19.8. The maximum atomic E-state index is 13.1. The molecule has 0 bridgehead atoms. The summed E-state index contributed by atoms with van der Waals surface area (Å²) in [4.78, 5) is 40.5. The number of amides is 3. The zero-order valence-corrected chi connectivity index (χ0v) is 14.9. The first-order valence-electron chi connectivity index (χ1n) is 8.60. The van der Waals surface area contributed by atoms with Gasteiger partial charge < -0.3 is 4.90 Å². The highest BCUT2D eigenvalue weighted by Crippen LogP contribution is 2.32. The van der Waals surface area contributed by atoms with Crippen molar-refractivity contribution in [2.24, 2.45) is 10.3 Å². The molecule has 142 valence electrons. The molecule has 0 saturated carbocycles. The highest BCUT2D eigenvalue weighted by Gasteiger charge is 2.55. The summed E-state index contributed by atoms with van der Waals surface area (Å²) < 4.78 is 13.1. The lowest BCUT2D eigenvalue weighted by Crippen LogP contribution is -2.45. The lowest BCUT2D eigenvalue weighted by atomic mass is 10.1. The second kappa shape index (κ2) is 6.84. The number of fused-ring (bicyclic) bond motifs is 1. The van der Waals surface area contributed by atoms with Crippen LogP contribution >= 0.6 is 0 Å². The first-order chi connectivity index (χ1) is 13.5. The van der Waals surface area contributed by atoms with Crippen molar-refractivity contribution >= 4 is 29.1 Å². The second-order valence-corrected chi connectivity index (χ2v) is 6.47. The quantitative estimate of drug-likeness (QED) is 0.756. The highest BCUT2D eigenvalue weighted by atomic mass is 19.1. The van der Waals surface area contributed by atoms with E-state index in [1.807, 2.05) is 18.2 Å². The number of anilines is 2. The number of nitrogens with zero attached hydrogens (tertiary/aromatic N) is 5. The van der Waals surface area contributed by atoms with Crippen molar-refractivity contribution < 1.29 is 18.8 Å². The summed E-state index contributed by atoms with van der Waals surface area (Å²) in [5.41, 5.74) is 0.954. The number of halogens is 1. The summed E-state index contributed by atoms with van der Waals surface area (Å²) in [6.07, 6.45) is 0. The number of rotatable bonds is 4. The normalized spacial score (nSPS) is 20.6. The third-order valence-corrected chi connectivity index (χ3v) is 4.76. The van der Waals surface area contributed by atoms with Gasteiger partial charge in [-0.2, -0.15) is 5.11 Å². The van der Waals surface area contributed by atoms with Gasteiger partial charge in [0.1, 0.15) is 12.4 Å². The van der Waals surface area contributed by atoms with E-state index >= 15 is 0 Å². The molecule has 1 fully saturated rings. The molecule has 8 nitrogen and oxygen atoms in total. The topological polar surface area (TPSA) is 85.7 Å². The Morgan fingerprint density at radius 3 is 2.43 bits per heavy atom. The molecule has 2 aromatic carbocycles. The van der Waals surface area contributed by atoms with E-state index in [0.717, 1.165) is 4.90 Å². The van der Waals surface area contributed by atoms with Gasteiger partial charge in [-0.25, -0.2) is 9.29 Å². The predicted octanol–water partition coefficient (Wildman–Crippen LogP) is 1.78. The minimum absolute atomic E-state index is 0.202. The molecule has 2 atom stereocenters. The molecule has 0 N–H and O–H groups in total. The second-order valence-electron chi connectivity index (χ2n) is 6.47. The predicted molar refractivity (Wildman–Crippen MR) is 97.9 cm³/mol. The molecule has 1 saturated heterocycles. The van der Waals surface area contributed by atoms with E-state index in [-0.39, 0.29) is 18.1 Å². The number of likely N-dealkylation sites (N-methyl/N-ethyl adjacent to an activating group) is 1. The van der Waals surface area contributed by atoms with Crippen LogP contribution in [0.5, 0.6) is 0 Å². The fourth-order valence-corrected chi connectivity index (χ4v) is 3.24. The van der Waals surface area contributed by atoms with Gasteiger partial charge in [0.25, 0.3) is 11.8 Å². The lowest BCUT2D eigenvalue weighted by molar-refractivity contribution is -0.124. The maximum Gasteiger partial charge on any atom is 0.263 e. The van der Waals surface area contributed by atoms with Crippen LogP contribution in [0.2, 0.25) is 0 Å². The number of benzene rings is 2. The number of carbonyl (C=O) groups excluding carboxylic acids is 3. The van der Waals surface area contributed by atoms with Crippen LogP contribution in [0, 0.1) is 5.82 Å². The van der Waals surface area contributed by atoms with Crippen molar-refractivity contribution in [3.8, 4) is 0 Å². The Morgan fingerprint density at radius 1 is 1.07 bits per heavy atom. The molecule has 2 heterocycles. The standard InChI is InChI=1S/C19H16FN5O3/c1-23(13-5-3-2-4-6-13)15(26)11-24-17-16(21-22-24)18(27)25(19(17)28)14-9-7-12(20)8-10-14/h2-10,16-17H,11H2,1H3/t16-,17+/m0/s1. The van der Waals surface area contributed by atoms with E-state index in [1.54, 1.807) is 19.2 Å². The van der Waals surface area contributed by atoms with Crippen LogP contribution in [0.15, 0.2) is 64.9 Å². The van der Waals surface area contributed by atoms with Gasteiger partial charge in [-0.15, -0.1) is 0 Å². The zero-order valence-electron chi connectivity index (χ0n) is 14.9. The largest absolute Gasteiger partial charge is 0.314 e. The fourth-order valence-electron chi connectivity index (χ4n) is 3.24. The smallest absolute Gasteiger partial charge is 0.263 e. The van der Waals surface area contributed by atoms with Crippen LogP contribution in [0.3, 0.4) is 0 Å². The fraction of sp³-hybridized carbons (Fsp3) is 0.211. The van der Waals surface area contributed by atoms with Gasteiger partial charge in [0.2, 0.25) is 5.91 Å². The third kappa shape index (κ3) is 2.90. The van der Waals surface area contributed by atoms with E-state index < -0.39 is 29.7 Å². The SMILES string of the molecule is CN(C(=O)CN1N=N[C@@H]2C(=O)N(c3ccc(F)cc3)C(=O)[C@@H]21)c1ccccc1. The van der Waals surface area contributed by atoms with E-state index in [2.05, 4.69) is 10.3 Å². The lowest BCUT2D eigenvalue weighted by Gasteiger charge is -2.23. The average molecular weight is 381 g/mol. The Morgan fingerprint density at radius 2 is 1.75 bits per heavy atom. The molecule has 28 heavy (non-hydrogen) atoms. The minimum Gasteiger partial charge on any atom is -0.314 e. The van der Waals surface area contributed by atoms with Gasteiger partial charge in [0.15, 0.2) is 12.1 Å². The Hall–Kier alpha value is -3.62. The van der Waals surface area contributed by atoms with Crippen LogP contribution in [-0.4, -0.2) is 48.4 Å². The summed E-state index contributed by atoms with van der Waals surface area (Å²) in [5, 5.41) is 8.98. The van der Waals surface area contributed by atoms with Crippen LogP contribution in [0.25, 0.3) is 0 Å². The van der Waals surface area contributed by atoms with E-state index in [9.17, 15) is 18.8 Å². The Bertz CT molecular complexity index is 963. The molecular formula is C19H16FN5O3. The van der Waals surface area contributed by atoms with Crippen molar-refractivity contribution in [2.45, 2.75) is 12.1 Å². The molecule has 2 aliphatic heterocycles. The summed E-state index contributed by atoms with van der Waals surface area (Å²) in [5.74, 6) is -1.86. The highest BCUT2D eigenvalue weighted by molar-refractivity contribution is 6.25. The van der Waals surface area contributed by atoms with Crippen LogP contribution in [0.1, 0.15) is 0 Å². The molecule has 0 radical (unpaired) electrons. The van der Waals surface area contributed by atoms with Crippen LogP contribution < -0.4 is 9.80 Å². The van der Waals surface area contributed by atoms with Crippen LogP contribution in [0.4, 0.5) is 15.8 Å².